The number of nitrogens with one attached hydrogen (secondary N) is 2. The van der Waals surface area contributed by atoms with Gasteiger partial charge in [-0.1, -0.05) is 32.5 Å². The van der Waals surface area contributed by atoms with Crippen molar-refractivity contribution in [2.24, 2.45) is 0 Å². The third-order valence-corrected chi connectivity index (χ3v) is 6.31. The van der Waals surface area contributed by atoms with Crippen molar-refractivity contribution in [2.45, 2.75) is 75.2 Å². The highest BCUT2D eigenvalue weighted by atomic mass is 35.5. The van der Waals surface area contributed by atoms with Crippen molar-refractivity contribution < 1.29 is 4.79 Å². The van der Waals surface area contributed by atoms with Crippen molar-refractivity contribution in [3.63, 3.8) is 0 Å². The van der Waals surface area contributed by atoms with Crippen LogP contribution in [0.25, 0.3) is 0 Å². The first-order valence-electron chi connectivity index (χ1n) is 10.8. The maximum atomic E-state index is 12.9. The van der Waals surface area contributed by atoms with Gasteiger partial charge in [0.15, 0.2) is 0 Å². The number of aryl methyl sites for hydroxylation is 1. The van der Waals surface area contributed by atoms with E-state index in [1.807, 2.05) is 44.2 Å². The van der Waals surface area contributed by atoms with E-state index in [1.165, 1.54) is 0 Å². The highest BCUT2D eigenvalue weighted by molar-refractivity contribution is 8.00. The van der Waals surface area contributed by atoms with E-state index >= 15 is 0 Å². The Hall–Kier alpha value is -2.06. The van der Waals surface area contributed by atoms with E-state index in [0.29, 0.717) is 17.6 Å². The summed E-state index contributed by atoms with van der Waals surface area (Å²) in [6.45, 7) is 8.39. The average Bonchev–Trinajstić information content (AvgIpc) is 2.70. The van der Waals surface area contributed by atoms with Gasteiger partial charge in [-0.15, -0.1) is 12.4 Å². The first-order valence-corrected chi connectivity index (χ1v) is 11.7. The van der Waals surface area contributed by atoms with Gasteiger partial charge in [0, 0.05) is 48.9 Å². The fourth-order valence-electron chi connectivity index (χ4n) is 3.72. The summed E-state index contributed by atoms with van der Waals surface area (Å²) in [6.07, 6.45) is 7.40. The van der Waals surface area contributed by atoms with Crippen LogP contribution in [-0.4, -0.2) is 51.8 Å². The van der Waals surface area contributed by atoms with Gasteiger partial charge in [-0.05, 0) is 44.7 Å². The molecule has 1 saturated carbocycles. The van der Waals surface area contributed by atoms with Crippen LogP contribution in [0.15, 0.2) is 29.6 Å². The minimum Gasteiger partial charge on any atom is -0.362 e. The molecule has 32 heavy (non-hydrogen) atoms. The molecule has 0 radical (unpaired) electrons. The largest absolute Gasteiger partial charge is 0.362 e. The van der Waals surface area contributed by atoms with E-state index in [0.717, 1.165) is 42.1 Å². The summed E-state index contributed by atoms with van der Waals surface area (Å²) in [5.74, 6) is 1.56. The Morgan fingerprint density at radius 2 is 1.78 bits per heavy atom. The number of hydrogen-bond acceptors (Lipinski definition) is 7. The molecule has 2 aromatic heterocycles. The van der Waals surface area contributed by atoms with Crippen LogP contribution in [-0.2, 0) is 0 Å². The van der Waals surface area contributed by atoms with Crippen molar-refractivity contribution in [1.29, 1.82) is 0 Å². The second kappa shape index (κ2) is 11.2. The minimum absolute atomic E-state index is 0. The molecular weight excluding hydrogens is 444 g/mol. The van der Waals surface area contributed by atoms with E-state index in [-0.39, 0.29) is 29.1 Å². The maximum absolute atomic E-state index is 12.9. The van der Waals surface area contributed by atoms with Crippen LogP contribution in [0.4, 0.5) is 11.8 Å². The topological polar surface area (TPSA) is 83.0 Å². The van der Waals surface area contributed by atoms with Gasteiger partial charge in [-0.25, -0.2) is 9.97 Å². The molecule has 0 aromatic carbocycles. The quantitative estimate of drug-likeness (QED) is 0.581. The number of thioether (sulfide) groups is 1. The number of aromatic nitrogens is 3. The molecular formula is C23H35ClN6OS. The maximum Gasteiger partial charge on any atom is 0.254 e. The molecule has 1 aliphatic rings. The van der Waals surface area contributed by atoms with Gasteiger partial charge < -0.3 is 15.5 Å². The third kappa shape index (κ3) is 7.24. The van der Waals surface area contributed by atoms with Crippen LogP contribution in [0.3, 0.4) is 0 Å². The molecule has 2 heterocycles. The number of hydrogen-bond donors (Lipinski definition) is 2. The highest BCUT2D eigenvalue weighted by Gasteiger charge is 2.25. The molecule has 0 atom stereocenters. The van der Waals surface area contributed by atoms with Gasteiger partial charge in [-0.2, -0.15) is 4.98 Å². The molecule has 3 rings (SSSR count). The second-order valence-electron chi connectivity index (χ2n) is 9.33. The lowest BCUT2D eigenvalue weighted by Crippen LogP contribution is -2.40. The van der Waals surface area contributed by atoms with Crippen molar-refractivity contribution in [3.8, 4) is 0 Å². The molecule has 0 spiro atoms. The smallest absolute Gasteiger partial charge is 0.254 e. The summed E-state index contributed by atoms with van der Waals surface area (Å²) in [6, 6.07) is 4.18. The van der Waals surface area contributed by atoms with E-state index in [4.69, 9.17) is 0 Å². The standard InChI is InChI=1S/C23H34N6OS.ClH/c1-15-14-25-22(28-19(15)29(5)6)27-17-11-9-16(10-12-17)26-20(30)18-8-7-13-24-21(18)31-23(2,3)4;/h7-8,13-14,16-17H,9-12H2,1-6H3,(H,26,30)(H,25,27,28);1H. The first kappa shape index (κ1) is 26.2. The van der Waals surface area contributed by atoms with Crippen LogP contribution in [0.2, 0.25) is 0 Å². The Labute approximate surface area is 202 Å². The zero-order valence-corrected chi connectivity index (χ0v) is 21.4. The highest BCUT2D eigenvalue weighted by Crippen LogP contribution is 2.32. The number of carbonyl (C=O) groups is 1. The van der Waals surface area contributed by atoms with Gasteiger partial charge in [0.2, 0.25) is 5.95 Å². The summed E-state index contributed by atoms with van der Waals surface area (Å²) < 4.78 is -0.00237. The van der Waals surface area contributed by atoms with E-state index in [2.05, 4.69) is 46.4 Å². The predicted molar refractivity (Wildman–Crippen MR) is 135 cm³/mol. The molecule has 1 fully saturated rings. The monoisotopic (exact) mass is 478 g/mol. The first-order chi connectivity index (χ1) is 14.6. The Kier molecular flexibility index (Phi) is 9.16. The molecule has 176 valence electrons. The third-order valence-electron chi connectivity index (χ3n) is 5.18. The minimum atomic E-state index is -0.0336. The lowest BCUT2D eigenvalue weighted by Gasteiger charge is -2.30. The number of pyridine rings is 1. The predicted octanol–water partition coefficient (Wildman–Crippen LogP) is 4.71. The van der Waals surface area contributed by atoms with Crippen molar-refractivity contribution in [3.05, 3.63) is 35.7 Å². The van der Waals surface area contributed by atoms with E-state index < -0.39 is 0 Å². The molecule has 2 aromatic rings. The van der Waals surface area contributed by atoms with Gasteiger partial charge in [-0.3, -0.25) is 4.79 Å². The number of anilines is 2. The molecule has 1 aliphatic carbocycles. The zero-order chi connectivity index (χ0) is 22.6. The molecule has 7 nitrogen and oxygen atoms in total. The summed E-state index contributed by atoms with van der Waals surface area (Å²) in [7, 11) is 3.97. The Balaban J connectivity index is 0.00000363. The van der Waals surface area contributed by atoms with E-state index in [1.54, 1.807) is 18.0 Å². The van der Waals surface area contributed by atoms with Gasteiger partial charge >= 0.3 is 0 Å². The normalized spacial score (nSPS) is 18.4. The average molecular weight is 479 g/mol. The lowest BCUT2D eigenvalue weighted by molar-refractivity contribution is 0.0923. The molecule has 0 aliphatic heterocycles. The van der Waals surface area contributed by atoms with Crippen LogP contribution < -0.4 is 15.5 Å². The van der Waals surface area contributed by atoms with E-state index in [9.17, 15) is 4.79 Å². The van der Waals surface area contributed by atoms with Crippen LogP contribution in [0.1, 0.15) is 62.4 Å². The molecule has 0 saturated heterocycles. The fourth-order valence-corrected chi connectivity index (χ4v) is 4.68. The van der Waals surface area contributed by atoms with Gasteiger partial charge in [0.1, 0.15) is 10.8 Å². The van der Waals surface area contributed by atoms with Gasteiger partial charge in [0.05, 0.1) is 5.56 Å². The van der Waals surface area contributed by atoms with Crippen LogP contribution >= 0.6 is 24.2 Å². The zero-order valence-electron chi connectivity index (χ0n) is 19.8. The van der Waals surface area contributed by atoms with Crippen LogP contribution in [0.5, 0.6) is 0 Å². The molecule has 1 amide bonds. The summed E-state index contributed by atoms with van der Waals surface area (Å²) in [4.78, 5) is 28.4. The second-order valence-corrected chi connectivity index (χ2v) is 11.1. The Morgan fingerprint density at radius 1 is 1.12 bits per heavy atom. The fraction of sp³-hybridized carbons (Fsp3) is 0.565. The Bertz CT molecular complexity index is 910. The molecule has 9 heteroatoms. The van der Waals surface area contributed by atoms with Gasteiger partial charge in [0.25, 0.3) is 5.91 Å². The summed E-state index contributed by atoms with van der Waals surface area (Å²) >= 11 is 1.62. The molecule has 2 N–H and O–H groups in total. The van der Waals surface area contributed by atoms with Crippen molar-refractivity contribution in [1.82, 2.24) is 20.3 Å². The number of amides is 1. The number of halogens is 1. The van der Waals surface area contributed by atoms with Crippen LogP contribution in [0, 0.1) is 6.92 Å². The van der Waals surface area contributed by atoms with Crippen molar-refractivity contribution >= 4 is 41.8 Å². The number of nitrogens with zero attached hydrogens (tertiary/aromatic N) is 4. The number of carbonyl (C=O) groups excluding carboxylic acids is 1. The summed E-state index contributed by atoms with van der Waals surface area (Å²) in [5, 5.41) is 7.48. The molecule has 0 unspecified atom stereocenters. The summed E-state index contributed by atoms with van der Waals surface area (Å²) in [5.41, 5.74) is 1.72. The lowest BCUT2D eigenvalue weighted by atomic mass is 9.91. The molecule has 0 bridgehead atoms. The number of rotatable bonds is 6. The van der Waals surface area contributed by atoms with Crippen molar-refractivity contribution in [2.75, 3.05) is 24.3 Å². The SMILES string of the molecule is Cc1cnc(NC2CCC(NC(=O)c3cccnc3SC(C)(C)C)CC2)nc1N(C)C.Cl. The Morgan fingerprint density at radius 3 is 2.41 bits per heavy atom.